The predicted octanol–water partition coefficient (Wildman–Crippen LogP) is 8.42. The average molecular weight is 412 g/mol. The zero-order valence-corrected chi connectivity index (χ0v) is 20.7. The quantitative estimate of drug-likeness (QED) is 0.492. The molecule has 2 heteroatoms. The summed E-state index contributed by atoms with van der Waals surface area (Å²) in [5.74, 6) is 2.71. The summed E-state index contributed by atoms with van der Waals surface area (Å²) in [6, 6.07) is 8.10. The first-order valence-electron chi connectivity index (χ1n) is 11.3. The smallest absolute Gasteiger partial charge is 0.145 e. The lowest BCUT2D eigenvalue weighted by Gasteiger charge is -2.12. The van der Waals surface area contributed by atoms with Crippen molar-refractivity contribution in [1.82, 2.24) is 4.98 Å². The van der Waals surface area contributed by atoms with Crippen LogP contribution in [0.3, 0.4) is 0 Å². The van der Waals surface area contributed by atoms with Gasteiger partial charge in [0, 0.05) is 11.3 Å². The van der Waals surface area contributed by atoms with E-state index in [-0.39, 0.29) is 5.82 Å². The van der Waals surface area contributed by atoms with Crippen LogP contribution in [0.1, 0.15) is 81.1 Å². The van der Waals surface area contributed by atoms with E-state index in [9.17, 15) is 4.39 Å². The molecule has 1 aliphatic carbocycles. The number of nitrogens with zero attached hydrogens (tertiary/aromatic N) is 1. The van der Waals surface area contributed by atoms with Gasteiger partial charge in [0.2, 0.25) is 0 Å². The van der Waals surface area contributed by atoms with Gasteiger partial charge in [0.25, 0.3) is 0 Å². The van der Waals surface area contributed by atoms with E-state index in [1.807, 2.05) is 13.8 Å². The standard InChI is InChI=1S/C10H12FN.C10H14.C8H16/c1-6(2)9-5-10(11)8(4)12-7(9)3;1-4-10-7-8(2)5-6-9(10)3;1-6(2)7(3)8-4-5-8/h5H,1H2,2-4H3;5-7H,4H2,1-3H3;6-8H,4-5H2,1-3H3. The van der Waals surface area contributed by atoms with Crippen molar-refractivity contribution >= 4 is 5.57 Å². The van der Waals surface area contributed by atoms with Crippen LogP contribution in [0, 0.1) is 51.3 Å². The molecular weight excluding hydrogens is 369 g/mol. The van der Waals surface area contributed by atoms with Crippen molar-refractivity contribution in [3.63, 3.8) is 0 Å². The molecule has 1 unspecified atom stereocenters. The SMILES string of the molecule is C=C(C)c1cc(F)c(C)nc1C.CC(C)C(C)C1CC1.CCc1cc(C)ccc1C. The van der Waals surface area contributed by atoms with Crippen molar-refractivity contribution in [2.24, 2.45) is 17.8 Å². The molecule has 0 radical (unpaired) electrons. The number of allylic oxidation sites excluding steroid dienone is 1. The number of hydrogen-bond acceptors (Lipinski definition) is 1. The second-order valence-electron chi connectivity index (χ2n) is 9.19. The van der Waals surface area contributed by atoms with E-state index in [1.54, 1.807) is 6.92 Å². The van der Waals surface area contributed by atoms with Gasteiger partial charge in [-0.1, -0.05) is 58.0 Å². The van der Waals surface area contributed by atoms with Gasteiger partial charge in [0.05, 0.1) is 5.69 Å². The third kappa shape index (κ3) is 8.42. The van der Waals surface area contributed by atoms with Crippen LogP contribution in [0.4, 0.5) is 4.39 Å². The number of hydrogen-bond donors (Lipinski definition) is 0. The Morgan fingerprint density at radius 1 is 1.07 bits per heavy atom. The maximum atomic E-state index is 13.0. The van der Waals surface area contributed by atoms with Crippen LogP contribution in [0.25, 0.3) is 5.57 Å². The van der Waals surface area contributed by atoms with Gasteiger partial charge in [-0.2, -0.15) is 0 Å². The van der Waals surface area contributed by atoms with Crippen LogP contribution in [0.5, 0.6) is 0 Å². The zero-order chi connectivity index (χ0) is 23.0. The topological polar surface area (TPSA) is 12.9 Å². The highest BCUT2D eigenvalue weighted by atomic mass is 19.1. The Balaban J connectivity index is 0.000000230. The monoisotopic (exact) mass is 411 g/mol. The summed E-state index contributed by atoms with van der Waals surface area (Å²) in [6.45, 7) is 22.6. The van der Waals surface area contributed by atoms with Gasteiger partial charge in [0.15, 0.2) is 0 Å². The summed E-state index contributed by atoms with van der Waals surface area (Å²) >= 11 is 0. The molecule has 0 saturated heterocycles. The van der Waals surface area contributed by atoms with Crippen molar-refractivity contribution in [3.05, 3.63) is 70.3 Å². The number of rotatable bonds is 4. The van der Waals surface area contributed by atoms with Crippen molar-refractivity contribution in [3.8, 4) is 0 Å². The second kappa shape index (κ2) is 12.0. The molecule has 1 aliphatic rings. The Hall–Kier alpha value is -1.96. The third-order valence-electron chi connectivity index (χ3n) is 6.10. The first-order valence-corrected chi connectivity index (χ1v) is 11.3. The summed E-state index contributed by atoms with van der Waals surface area (Å²) < 4.78 is 13.0. The van der Waals surface area contributed by atoms with Crippen molar-refractivity contribution in [2.75, 3.05) is 0 Å². The van der Waals surface area contributed by atoms with E-state index in [1.165, 1.54) is 35.6 Å². The van der Waals surface area contributed by atoms with Gasteiger partial charge in [0.1, 0.15) is 5.82 Å². The molecule has 0 amide bonds. The Bertz CT molecular complexity index is 829. The number of pyridine rings is 1. The van der Waals surface area contributed by atoms with E-state index in [0.717, 1.165) is 41.0 Å². The maximum absolute atomic E-state index is 13.0. The molecule has 1 nitrogen and oxygen atoms in total. The molecule has 1 atom stereocenters. The van der Waals surface area contributed by atoms with Crippen LogP contribution in [-0.4, -0.2) is 4.98 Å². The highest BCUT2D eigenvalue weighted by molar-refractivity contribution is 5.63. The number of aryl methyl sites for hydroxylation is 5. The number of benzene rings is 1. The molecule has 30 heavy (non-hydrogen) atoms. The average Bonchev–Trinajstić information content (AvgIpc) is 3.52. The summed E-state index contributed by atoms with van der Waals surface area (Å²) in [5.41, 5.74) is 7.17. The van der Waals surface area contributed by atoms with Gasteiger partial charge in [-0.05, 0) is 94.4 Å². The van der Waals surface area contributed by atoms with E-state index in [0.29, 0.717) is 5.69 Å². The summed E-state index contributed by atoms with van der Waals surface area (Å²) in [6.07, 6.45) is 4.15. The van der Waals surface area contributed by atoms with Crippen LogP contribution in [0.15, 0.2) is 30.8 Å². The van der Waals surface area contributed by atoms with E-state index in [2.05, 4.69) is 71.3 Å². The molecule has 0 aliphatic heterocycles. The highest BCUT2D eigenvalue weighted by Crippen LogP contribution is 2.39. The lowest BCUT2D eigenvalue weighted by molar-refractivity contribution is 0.372. The first kappa shape index (κ1) is 26.1. The van der Waals surface area contributed by atoms with Gasteiger partial charge < -0.3 is 0 Å². The van der Waals surface area contributed by atoms with Crippen molar-refractivity contribution < 1.29 is 4.39 Å². The highest BCUT2D eigenvalue weighted by Gasteiger charge is 2.29. The van der Waals surface area contributed by atoms with Crippen molar-refractivity contribution in [1.29, 1.82) is 0 Å². The number of aromatic nitrogens is 1. The number of halogens is 1. The van der Waals surface area contributed by atoms with Crippen LogP contribution in [-0.2, 0) is 6.42 Å². The molecule has 166 valence electrons. The minimum Gasteiger partial charge on any atom is -0.255 e. The predicted molar refractivity (Wildman–Crippen MR) is 130 cm³/mol. The fourth-order valence-electron chi connectivity index (χ4n) is 3.48. The Kier molecular flexibility index (Phi) is 10.5. The fourth-order valence-corrected chi connectivity index (χ4v) is 3.48. The van der Waals surface area contributed by atoms with Gasteiger partial charge in [-0.25, -0.2) is 4.39 Å². The molecule has 1 fully saturated rings. The lowest BCUT2D eigenvalue weighted by atomic mass is 9.93. The van der Waals surface area contributed by atoms with Crippen LogP contribution >= 0.6 is 0 Å². The molecule has 1 aromatic heterocycles. The molecule has 0 N–H and O–H groups in total. The van der Waals surface area contributed by atoms with E-state index >= 15 is 0 Å². The van der Waals surface area contributed by atoms with Gasteiger partial charge in [-0.15, -0.1) is 0 Å². The summed E-state index contributed by atoms with van der Waals surface area (Å²) in [7, 11) is 0. The fraction of sp³-hybridized carbons (Fsp3) is 0.536. The third-order valence-corrected chi connectivity index (χ3v) is 6.10. The second-order valence-corrected chi connectivity index (χ2v) is 9.19. The van der Waals surface area contributed by atoms with E-state index in [4.69, 9.17) is 0 Å². The van der Waals surface area contributed by atoms with E-state index < -0.39 is 0 Å². The first-order chi connectivity index (χ1) is 14.0. The molecule has 0 spiro atoms. The Morgan fingerprint density at radius 2 is 1.67 bits per heavy atom. The minimum absolute atomic E-state index is 0.265. The minimum atomic E-state index is -0.265. The summed E-state index contributed by atoms with van der Waals surface area (Å²) in [4.78, 5) is 4.06. The lowest BCUT2D eigenvalue weighted by Crippen LogP contribution is -2.04. The molecule has 0 bridgehead atoms. The van der Waals surface area contributed by atoms with Gasteiger partial charge in [-0.3, -0.25) is 4.98 Å². The molecule has 2 aromatic rings. The normalized spacial score (nSPS) is 13.7. The zero-order valence-electron chi connectivity index (χ0n) is 20.7. The van der Waals surface area contributed by atoms with Gasteiger partial charge >= 0.3 is 0 Å². The Morgan fingerprint density at radius 3 is 2.07 bits per heavy atom. The molecule has 1 aromatic carbocycles. The molecule has 3 rings (SSSR count). The maximum Gasteiger partial charge on any atom is 0.145 e. The molecule has 1 heterocycles. The largest absolute Gasteiger partial charge is 0.255 e. The van der Waals surface area contributed by atoms with Crippen molar-refractivity contribution in [2.45, 2.75) is 81.6 Å². The molecular formula is C28H42FN. The van der Waals surface area contributed by atoms with Crippen LogP contribution < -0.4 is 0 Å². The van der Waals surface area contributed by atoms with Crippen LogP contribution in [0.2, 0.25) is 0 Å². The summed E-state index contributed by atoms with van der Waals surface area (Å²) in [5, 5.41) is 0. The molecule has 1 saturated carbocycles. The Labute approximate surface area is 184 Å².